The summed E-state index contributed by atoms with van der Waals surface area (Å²) in [4.78, 5) is 15.5. The van der Waals surface area contributed by atoms with Crippen molar-refractivity contribution in [2.24, 2.45) is 0 Å². The first-order chi connectivity index (χ1) is 15.0. The van der Waals surface area contributed by atoms with Crippen LogP contribution in [-0.4, -0.2) is 55.3 Å². The molecule has 0 radical (unpaired) electrons. The van der Waals surface area contributed by atoms with Gasteiger partial charge in [-0.15, -0.1) is 0 Å². The Kier molecular flexibility index (Phi) is 5.12. The second-order valence-corrected chi connectivity index (χ2v) is 8.88. The molecule has 3 N–H and O–H groups in total. The third kappa shape index (κ3) is 4.01. The number of anilines is 1. The molecule has 1 saturated heterocycles. The summed E-state index contributed by atoms with van der Waals surface area (Å²) in [6.45, 7) is 2.18. The highest BCUT2D eigenvalue weighted by atomic mass is 16.3. The number of hydrogen-bond donors (Lipinski definition) is 2. The van der Waals surface area contributed by atoms with Gasteiger partial charge in [-0.25, -0.2) is 9.97 Å². The van der Waals surface area contributed by atoms with E-state index in [1.165, 1.54) is 5.56 Å². The van der Waals surface area contributed by atoms with Gasteiger partial charge in [0.2, 0.25) is 5.95 Å². The number of nitrogens with two attached hydrogens (primary N) is 1. The fraction of sp³-hybridized carbons (Fsp3) is 0.458. The lowest BCUT2D eigenvalue weighted by Gasteiger charge is -2.28. The lowest BCUT2D eigenvalue weighted by Crippen LogP contribution is -2.29. The predicted molar refractivity (Wildman–Crippen MR) is 121 cm³/mol. The van der Waals surface area contributed by atoms with Crippen molar-refractivity contribution < 1.29 is 5.11 Å². The Labute approximate surface area is 182 Å². The van der Waals surface area contributed by atoms with E-state index < -0.39 is 5.60 Å². The van der Waals surface area contributed by atoms with Gasteiger partial charge in [0.1, 0.15) is 17.1 Å². The van der Waals surface area contributed by atoms with Crippen LogP contribution in [0.1, 0.15) is 55.7 Å². The molecule has 2 aliphatic rings. The molecule has 1 saturated carbocycles. The summed E-state index contributed by atoms with van der Waals surface area (Å²) < 4.78 is 2.07. The van der Waals surface area contributed by atoms with Gasteiger partial charge in [-0.1, -0.05) is 5.92 Å². The van der Waals surface area contributed by atoms with Gasteiger partial charge in [0, 0.05) is 24.0 Å². The van der Waals surface area contributed by atoms with Crippen molar-refractivity contribution in [3.05, 3.63) is 42.0 Å². The van der Waals surface area contributed by atoms with Crippen molar-refractivity contribution in [2.75, 3.05) is 25.9 Å². The van der Waals surface area contributed by atoms with Crippen molar-refractivity contribution >= 4 is 16.9 Å². The first-order valence-electron chi connectivity index (χ1n) is 11.0. The molecule has 3 aromatic rings. The van der Waals surface area contributed by atoms with Crippen molar-refractivity contribution in [3.63, 3.8) is 0 Å². The van der Waals surface area contributed by atoms with E-state index >= 15 is 0 Å². The SMILES string of the molecule is CN1CCC(c2cn(-c3ccnc(N)n3)c3cc(C#CC4(O)CCCC4)ncc23)CC1. The molecular weight excluding hydrogens is 388 g/mol. The zero-order chi connectivity index (χ0) is 21.4. The van der Waals surface area contributed by atoms with Crippen molar-refractivity contribution in [1.29, 1.82) is 0 Å². The first kappa shape index (κ1) is 20.0. The fourth-order valence-corrected chi connectivity index (χ4v) is 4.81. The predicted octanol–water partition coefficient (Wildman–Crippen LogP) is 2.86. The van der Waals surface area contributed by atoms with Crippen LogP contribution >= 0.6 is 0 Å². The van der Waals surface area contributed by atoms with Gasteiger partial charge in [0.25, 0.3) is 0 Å². The van der Waals surface area contributed by atoms with Gasteiger partial charge >= 0.3 is 0 Å². The van der Waals surface area contributed by atoms with Crippen LogP contribution < -0.4 is 5.73 Å². The molecule has 0 aromatic carbocycles. The summed E-state index contributed by atoms with van der Waals surface area (Å²) >= 11 is 0. The Morgan fingerprint density at radius 2 is 1.97 bits per heavy atom. The smallest absolute Gasteiger partial charge is 0.221 e. The minimum atomic E-state index is -0.876. The molecule has 0 unspecified atom stereocenters. The van der Waals surface area contributed by atoms with Gasteiger partial charge in [-0.3, -0.25) is 0 Å². The van der Waals surface area contributed by atoms with Crippen LogP contribution in [0.2, 0.25) is 0 Å². The molecule has 5 rings (SSSR count). The number of piperidine rings is 1. The third-order valence-corrected chi connectivity index (χ3v) is 6.64. The Balaban J connectivity index is 1.60. The van der Waals surface area contributed by atoms with Crippen LogP contribution in [0.25, 0.3) is 16.7 Å². The van der Waals surface area contributed by atoms with E-state index in [0.717, 1.165) is 68.3 Å². The van der Waals surface area contributed by atoms with E-state index in [1.54, 1.807) is 6.20 Å². The van der Waals surface area contributed by atoms with Crippen LogP contribution in [-0.2, 0) is 0 Å². The minimum absolute atomic E-state index is 0.248. The number of aliphatic hydroxyl groups is 1. The average Bonchev–Trinajstić information content (AvgIpc) is 3.37. The quantitative estimate of drug-likeness (QED) is 0.624. The maximum atomic E-state index is 10.6. The molecule has 0 bridgehead atoms. The molecular formula is C24H28N6O. The number of aromatic nitrogens is 4. The molecule has 0 atom stereocenters. The summed E-state index contributed by atoms with van der Waals surface area (Å²) in [5, 5.41) is 11.7. The average molecular weight is 417 g/mol. The van der Waals surface area contributed by atoms with E-state index in [0.29, 0.717) is 11.6 Å². The van der Waals surface area contributed by atoms with E-state index in [-0.39, 0.29) is 5.95 Å². The number of likely N-dealkylation sites (tertiary alicyclic amines) is 1. The number of pyridine rings is 1. The fourth-order valence-electron chi connectivity index (χ4n) is 4.81. The maximum absolute atomic E-state index is 10.6. The minimum Gasteiger partial charge on any atom is -0.378 e. The molecule has 7 nitrogen and oxygen atoms in total. The maximum Gasteiger partial charge on any atom is 0.221 e. The Bertz CT molecular complexity index is 1160. The summed E-state index contributed by atoms with van der Waals surface area (Å²) in [5.41, 5.74) is 7.94. The number of hydrogen-bond acceptors (Lipinski definition) is 6. The van der Waals surface area contributed by atoms with Gasteiger partial charge in [-0.2, -0.15) is 4.98 Å². The normalized spacial score (nSPS) is 19.4. The van der Waals surface area contributed by atoms with Gasteiger partial charge in [-0.05, 0) is 88.2 Å². The molecule has 0 spiro atoms. The van der Waals surface area contributed by atoms with Crippen LogP contribution in [0, 0.1) is 11.8 Å². The number of nitrogen functional groups attached to an aromatic ring is 1. The lowest BCUT2D eigenvalue weighted by molar-refractivity contribution is 0.110. The molecule has 2 fully saturated rings. The largest absolute Gasteiger partial charge is 0.378 e. The second-order valence-electron chi connectivity index (χ2n) is 8.88. The standard InChI is InChI=1S/C24H28N6O/c1-29-12-6-17(7-13-29)20-16-30(22-5-11-26-23(25)28-22)21-14-18(27-15-19(20)21)4-10-24(31)8-2-3-9-24/h5,11,14-17,31H,2-3,6-9,12-13H2,1H3,(H2,25,26,28). The lowest BCUT2D eigenvalue weighted by atomic mass is 9.90. The van der Waals surface area contributed by atoms with Crippen LogP contribution in [0.15, 0.2) is 30.7 Å². The van der Waals surface area contributed by atoms with Crippen molar-refractivity contribution in [1.82, 2.24) is 24.4 Å². The molecule has 31 heavy (non-hydrogen) atoms. The Morgan fingerprint density at radius 1 is 1.19 bits per heavy atom. The summed E-state index contributed by atoms with van der Waals surface area (Å²) in [5.74, 6) is 7.64. The zero-order valence-electron chi connectivity index (χ0n) is 17.9. The first-order valence-corrected chi connectivity index (χ1v) is 11.0. The van der Waals surface area contributed by atoms with Crippen molar-refractivity contribution in [3.8, 4) is 17.7 Å². The molecule has 160 valence electrons. The molecule has 1 aliphatic carbocycles. The van der Waals surface area contributed by atoms with E-state index in [9.17, 15) is 5.11 Å². The summed E-state index contributed by atoms with van der Waals surface area (Å²) in [6.07, 6.45) is 11.5. The summed E-state index contributed by atoms with van der Waals surface area (Å²) in [7, 11) is 2.17. The molecule has 0 amide bonds. The number of fused-ring (bicyclic) bond motifs is 1. The van der Waals surface area contributed by atoms with Gasteiger partial charge in [0.15, 0.2) is 0 Å². The topological polar surface area (TPSA) is 93.1 Å². The van der Waals surface area contributed by atoms with Crippen LogP contribution in [0.3, 0.4) is 0 Å². The molecule has 4 heterocycles. The summed E-state index contributed by atoms with van der Waals surface area (Å²) in [6, 6.07) is 3.86. The molecule has 1 aliphatic heterocycles. The second kappa shape index (κ2) is 7.95. The Hall–Kier alpha value is -2.95. The highest BCUT2D eigenvalue weighted by Crippen LogP contribution is 2.35. The number of rotatable bonds is 2. The highest BCUT2D eigenvalue weighted by molar-refractivity contribution is 5.86. The van der Waals surface area contributed by atoms with E-state index in [4.69, 9.17) is 5.73 Å². The van der Waals surface area contributed by atoms with Crippen molar-refractivity contribution in [2.45, 2.75) is 50.0 Å². The van der Waals surface area contributed by atoms with E-state index in [2.05, 4.69) is 49.5 Å². The van der Waals surface area contributed by atoms with Crippen LogP contribution in [0.5, 0.6) is 0 Å². The van der Waals surface area contributed by atoms with Crippen LogP contribution in [0.4, 0.5) is 5.95 Å². The molecule has 3 aromatic heterocycles. The van der Waals surface area contributed by atoms with Gasteiger partial charge < -0.3 is 20.3 Å². The molecule has 7 heteroatoms. The third-order valence-electron chi connectivity index (χ3n) is 6.64. The number of nitrogens with zero attached hydrogens (tertiary/aromatic N) is 5. The highest BCUT2D eigenvalue weighted by Gasteiger charge is 2.28. The van der Waals surface area contributed by atoms with E-state index in [1.807, 2.05) is 18.3 Å². The zero-order valence-corrected chi connectivity index (χ0v) is 17.9. The van der Waals surface area contributed by atoms with Gasteiger partial charge in [0.05, 0.1) is 5.52 Å². The monoisotopic (exact) mass is 416 g/mol. The Morgan fingerprint density at radius 3 is 2.71 bits per heavy atom.